The number of halogens is 2. The first kappa shape index (κ1) is 16.0. The Hall–Kier alpha value is -2.26. The summed E-state index contributed by atoms with van der Waals surface area (Å²) in [6.45, 7) is 0. The molecular formula is C22H15Cl2NO. The van der Waals surface area contributed by atoms with Gasteiger partial charge in [-0.2, -0.15) is 0 Å². The lowest BCUT2D eigenvalue weighted by molar-refractivity contribution is 0.0302. The summed E-state index contributed by atoms with van der Waals surface area (Å²) in [7, 11) is 0. The first-order valence-corrected chi connectivity index (χ1v) is 9.24. The third-order valence-electron chi connectivity index (χ3n) is 4.89. The summed E-state index contributed by atoms with van der Waals surface area (Å²) in [5.74, 6) is 0. The molecule has 0 saturated carbocycles. The van der Waals surface area contributed by atoms with Gasteiger partial charge in [-0.3, -0.25) is 0 Å². The third-order valence-corrected chi connectivity index (χ3v) is 5.63. The van der Waals surface area contributed by atoms with E-state index in [9.17, 15) is 0 Å². The lowest BCUT2D eigenvalue weighted by Crippen LogP contribution is -2.40. The highest BCUT2D eigenvalue weighted by Crippen LogP contribution is 2.47. The molecule has 2 nitrogen and oxygen atoms in total. The number of ether oxygens (including phenoxy) is 1. The van der Waals surface area contributed by atoms with Crippen molar-refractivity contribution in [2.24, 2.45) is 0 Å². The van der Waals surface area contributed by atoms with Gasteiger partial charge in [-0.15, -0.1) is 0 Å². The van der Waals surface area contributed by atoms with E-state index in [4.69, 9.17) is 27.9 Å². The van der Waals surface area contributed by atoms with E-state index >= 15 is 0 Å². The molecule has 0 amide bonds. The average Bonchev–Trinajstić information content (AvgIpc) is 2.69. The van der Waals surface area contributed by atoms with Crippen molar-refractivity contribution in [2.45, 2.75) is 12.3 Å². The molecule has 0 bridgehead atoms. The minimum atomic E-state index is -0.197. The second kappa shape index (κ2) is 6.17. The van der Waals surface area contributed by atoms with E-state index in [0.29, 0.717) is 10.0 Å². The Balaban J connectivity index is 1.67. The first-order chi connectivity index (χ1) is 12.7. The molecule has 2 aliphatic heterocycles. The van der Waals surface area contributed by atoms with E-state index in [1.54, 1.807) is 0 Å². The van der Waals surface area contributed by atoms with Crippen LogP contribution in [0.4, 0.5) is 11.4 Å². The number of hydrogen-bond donors (Lipinski definition) is 0. The summed E-state index contributed by atoms with van der Waals surface area (Å²) >= 11 is 12.3. The number of benzene rings is 3. The van der Waals surface area contributed by atoms with Crippen LogP contribution in [0.2, 0.25) is 10.0 Å². The zero-order valence-corrected chi connectivity index (χ0v) is 15.3. The summed E-state index contributed by atoms with van der Waals surface area (Å²) in [5.41, 5.74) is 5.61. The van der Waals surface area contributed by atoms with Crippen LogP contribution >= 0.6 is 23.2 Å². The predicted octanol–water partition coefficient (Wildman–Crippen LogP) is 6.60. The molecular weight excluding hydrogens is 365 g/mol. The molecule has 0 spiro atoms. The minimum Gasteiger partial charge on any atom is -0.342 e. The molecule has 2 heterocycles. The van der Waals surface area contributed by atoms with E-state index in [1.807, 2.05) is 24.3 Å². The summed E-state index contributed by atoms with van der Waals surface area (Å²) in [6.07, 6.45) is 3.86. The van der Waals surface area contributed by atoms with Gasteiger partial charge in [0.05, 0.1) is 21.4 Å². The fourth-order valence-electron chi connectivity index (χ4n) is 3.71. The van der Waals surface area contributed by atoms with Gasteiger partial charge in [0.2, 0.25) is 0 Å². The third kappa shape index (κ3) is 2.45. The minimum absolute atomic E-state index is 0.167. The van der Waals surface area contributed by atoms with Crippen molar-refractivity contribution in [1.29, 1.82) is 0 Å². The Morgan fingerprint density at radius 1 is 0.808 bits per heavy atom. The van der Waals surface area contributed by atoms with Crippen LogP contribution in [0.1, 0.15) is 22.8 Å². The molecule has 0 unspecified atom stereocenters. The lowest BCUT2D eigenvalue weighted by Gasteiger charge is -2.43. The molecule has 0 aromatic heterocycles. The van der Waals surface area contributed by atoms with Crippen molar-refractivity contribution in [3.63, 3.8) is 0 Å². The molecule has 3 aromatic carbocycles. The van der Waals surface area contributed by atoms with Crippen molar-refractivity contribution in [3.05, 3.63) is 99.5 Å². The van der Waals surface area contributed by atoms with Gasteiger partial charge in [0.25, 0.3) is 0 Å². The Bertz CT molecular complexity index is 1030. The van der Waals surface area contributed by atoms with Crippen molar-refractivity contribution >= 4 is 40.7 Å². The fourth-order valence-corrected chi connectivity index (χ4v) is 4.01. The summed E-state index contributed by atoms with van der Waals surface area (Å²) in [6, 6.07) is 22.4. The van der Waals surface area contributed by atoms with Gasteiger partial charge in [-0.1, -0.05) is 71.7 Å². The van der Waals surface area contributed by atoms with Crippen molar-refractivity contribution in [3.8, 4) is 0 Å². The SMILES string of the molecule is Clc1ccc([C@H]2O[C@H]3C=Cc4ccccc4N3c3ccccc32)cc1Cl. The highest BCUT2D eigenvalue weighted by molar-refractivity contribution is 6.42. The predicted molar refractivity (Wildman–Crippen MR) is 107 cm³/mol. The van der Waals surface area contributed by atoms with E-state index in [-0.39, 0.29) is 12.3 Å². The number of anilines is 2. The Labute approximate surface area is 162 Å². The van der Waals surface area contributed by atoms with Crippen molar-refractivity contribution < 1.29 is 4.74 Å². The van der Waals surface area contributed by atoms with Gasteiger partial charge >= 0.3 is 0 Å². The highest BCUT2D eigenvalue weighted by Gasteiger charge is 2.35. The monoisotopic (exact) mass is 379 g/mol. The van der Waals surface area contributed by atoms with Crippen molar-refractivity contribution in [1.82, 2.24) is 0 Å². The molecule has 2 aliphatic rings. The molecule has 0 N–H and O–H groups in total. The number of para-hydroxylation sites is 2. The summed E-state index contributed by atoms with van der Waals surface area (Å²) in [4.78, 5) is 2.25. The van der Waals surface area contributed by atoms with Crippen LogP contribution in [0.25, 0.3) is 6.08 Å². The molecule has 0 radical (unpaired) electrons. The van der Waals surface area contributed by atoms with Gasteiger partial charge in [-0.25, -0.2) is 0 Å². The van der Waals surface area contributed by atoms with E-state index in [2.05, 4.69) is 59.5 Å². The number of nitrogens with zero attached hydrogens (tertiary/aromatic N) is 1. The van der Waals surface area contributed by atoms with Gasteiger partial charge in [0, 0.05) is 5.56 Å². The van der Waals surface area contributed by atoms with Crippen LogP contribution in [0, 0.1) is 0 Å². The van der Waals surface area contributed by atoms with Crippen LogP contribution in [0.15, 0.2) is 72.8 Å². The molecule has 5 rings (SSSR count). The van der Waals surface area contributed by atoms with E-state index in [0.717, 1.165) is 22.5 Å². The summed E-state index contributed by atoms with van der Waals surface area (Å²) < 4.78 is 6.49. The summed E-state index contributed by atoms with van der Waals surface area (Å²) in [5, 5.41) is 1.09. The number of fused-ring (bicyclic) bond motifs is 5. The van der Waals surface area contributed by atoms with Gasteiger partial charge in [0.1, 0.15) is 6.10 Å². The lowest BCUT2D eigenvalue weighted by atomic mass is 9.95. The van der Waals surface area contributed by atoms with Crippen LogP contribution in [-0.2, 0) is 4.74 Å². The Morgan fingerprint density at radius 3 is 2.42 bits per heavy atom. The maximum Gasteiger partial charge on any atom is 0.155 e. The topological polar surface area (TPSA) is 12.5 Å². The number of hydrogen-bond acceptors (Lipinski definition) is 2. The number of rotatable bonds is 1. The normalized spacial score (nSPS) is 20.3. The van der Waals surface area contributed by atoms with Crippen LogP contribution in [0.3, 0.4) is 0 Å². The quantitative estimate of drug-likeness (QED) is 0.471. The van der Waals surface area contributed by atoms with Gasteiger partial charge in [0.15, 0.2) is 6.23 Å². The van der Waals surface area contributed by atoms with Gasteiger partial charge in [-0.05, 0) is 41.5 Å². The zero-order valence-electron chi connectivity index (χ0n) is 13.8. The fraction of sp³-hybridized carbons (Fsp3) is 0.0909. The standard InChI is InChI=1S/C22H15Cl2NO/c23-17-11-9-15(13-18(17)24)22-16-6-2-4-8-20(16)25-19-7-3-1-5-14(19)10-12-21(25)26-22/h1-13,21-22H/t21-,22+/m0/s1. The molecule has 26 heavy (non-hydrogen) atoms. The smallest absolute Gasteiger partial charge is 0.155 e. The molecule has 0 saturated heterocycles. The maximum atomic E-state index is 6.49. The van der Waals surface area contributed by atoms with Crippen LogP contribution < -0.4 is 4.90 Å². The zero-order chi connectivity index (χ0) is 17.7. The molecule has 2 atom stereocenters. The van der Waals surface area contributed by atoms with Gasteiger partial charge < -0.3 is 9.64 Å². The largest absolute Gasteiger partial charge is 0.342 e. The van der Waals surface area contributed by atoms with E-state index < -0.39 is 0 Å². The second-order valence-corrected chi connectivity index (χ2v) is 7.24. The molecule has 4 heteroatoms. The molecule has 0 fully saturated rings. The van der Waals surface area contributed by atoms with E-state index in [1.165, 1.54) is 5.56 Å². The average molecular weight is 380 g/mol. The van der Waals surface area contributed by atoms with Crippen molar-refractivity contribution in [2.75, 3.05) is 4.90 Å². The maximum absolute atomic E-state index is 6.49. The molecule has 128 valence electrons. The van der Waals surface area contributed by atoms with Crippen LogP contribution in [-0.4, -0.2) is 6.23 Å². The van der Waals surface area contributed by atoms with Crippen LogP contribution in [0.5, 0.6) is 0 Å². The first-order valence-electron chi connectivity index (χ1n) is 8.48. The second-order valence-electron chi connectivity index (χ2n) is 6.43. The molecule has 0 aliphatic carbocycles. The highest BCUT2D eigenvalue weighted by atomic mass is 35.5. The molecule has 3 aromatic rings. The Morgan fingerprint density at radius 2 is 1.58 bits per heavy atom. The Kier molecular flexibility index (Phi) is 3.79.